The summed E-state index contributed by atoms with van der Waals surface area (Å²) >= 11 is 0. The minimum absolute atomic E-state index is 0.135. The molecular weight excluding hydrogens is 756 g/mol. The second kappa shape index (κ2) is 19.4. The van der Waals surface area contributed by atoms with Gasteiger partial charge in [0, 0.05) is 52.7 Å². The van der Waals surface area contributed by atoms with Crippen LogP contribution >= 0.6 is 0 Å². The van der Waals surface area contributed by atoms with Crippen LogP contribution in [0.1, 0.15) is 62.3 Å². The fourth-order valence-electron chi connectivity index (χ4n) is 5.66. The summed E-state index contributed by atoms with van der Waals surface area (Å²) in [5, 5.41) is 4.81. The molecule has 0 radical (unpaired) electrons. The molecule has 2 fully saturated rings. The summed E-state index contributed by atoms with van der Waals surface area (Å²) in [6.45, 7) is 5.98. The number of hydrogen-bond acceptors (Lipinski definition) is 20. The zero-order valence-electron chi connectivity index (χ0n) is 31.2. The summed E-state index contributed by atoms with van der Waals surface area (Å²) in [7, 11) is 1.99. The van der Waals surface area contributed by atoms with Crippen LogP contribution in [0.2, 0.25) is 0 Å². The van der Waals surface area contributed by atoms with Crippen molar-refractivity contribution in [3.05, 3.63) is 35.4 Å². The molecule has 2 aliphatic rings. The Morgan fingerprint density at radius 1 is 0.429 bits per heavy atom. The Labute approximate surface area is 317 Å². The van der Waals surface area contributed by atoms with Gasteiger partial charge < -0.3 is 58.0 Å². The van der Waals surface area contributed by atoms with Gasteiger partial charge in [-0.15, -0.1) is 0 Å². The second-order valence-electron chi connectivity index (χ2n) is 12.0. The maximum absolute atomic E-state index is 13.5. The molecular formula is C34H40N2O20. The van der Waals surface area contributed by atoms with Crippen molar-refractivity contribution in [2.75, 3.05) is 14.2 Å². The van der Waals surface area contributed by atoms with Crippen LogP contribution in [0.15, 0.2) is 24.3 Å². The molecule has 3 rings (SSSR count). The summed E-state index contributed by atoms with van der Waals surface area (Å²) in [6, 6.07) is 4.66. The number of ether oxygens (including phenoxy) is 10. The van der Waals surface area contributed by atoms with E-state index in [1.807, 2.05) is 0 Å². The van der Waals surface area contributed by atoms with E-state index >= 15 is 0 Å². The van der Waals surface area contributed by atoms with Gasteiger partial charge in [-0.3, -0.25) is 38.4 Å². The number of rotatable bonds is 12. The minimum Gasteiger partial charge on any atom is -0.467 e. The molecule has 0 bridgehead atoms. The van der Waals surface area contributed by atoms with Crippen LogP contribution < -0.4 is 10.6 Å². The first-order valence-corrected chi connectivity index (χ1v) is 16.5. The largest absolute Gasteiger partial charge is 0.467 e. The standard InChI is InChI=1S/C34H40N2O20/c1-13(37)49-21-23(51-15(3)39)27(33(45)47-7)55-31(25(21)53-17(5)41)35-29(43)19-9-11-20(12-10-19)30(44)36-32-26(54-18(6)42)22(50-14(2)38)24(52-16(4)40)28(56-32)34(46)48-8/h9-12,21-28,31-32H,1-8H3,(H,35,43)(H,36,44)/t21-,22-,23-,24-,25+,26+,27-,28-,31+,32+/m0/s1. The van der Waals surface area contributed by atoms with Gasteiger partial charge in [0.15, 0.2) is 61.3 Å². The van der Waals surface area contributed by atoms with Crippen LogP contribution in [-0.2, 0) is 85.7 Å². The van der Waals surface area contributed by atoms with E-state index in [2.05, 4.69) is 10.6 Å². The maximum Gasteiger partial charge on any atom is 0.339 e. The third-order valence-corrected chi connectivity index (χ3v) is 7.71. The fraction of sp³-hybridized carbons (Fsp3) is 0.529. The Hall–Kier alpha value is -6.16. The third kappa shape index (κ3) is 11.4. The minimum atomic E-state index is -1.78. The molecule has 0 aromatic heterocycles. The summed E-state index contributed by atoms with van der Waals surface area (Å²) in [4.78, 5) is 124. The monoisotopic (exact) mass is 796 g/mol. The van der Waals surface area contributed by atoms with Crippen molar-refractivity contribution >= 4 is 59.6 Å². The van der Waals surface area contributed by atoms with E-state index in [4.69, 9.17) is 47.4 Å². The number of carbonyl (C=O) groups is 10. The van der Waals surface area contributed by atoms with Crippen LogP contribution in [0.3, 0.4) is 0 Å². The molecule has 306 valence electrons. The number of nitrogens with one attached hydrogen (secondary N) is 2. The predicted molar refractivity (Wildman–Crippen MR) is 176 cm³/mol. The van der Waals surface area contributed by atoms with Crippen LogP contribution in [-0.4, -0.2) is 135 Å². The topological polar surface area (TPSA) is 287 Å². The average molecular weight is 797 g/mol. The molecule has 0 spiro atoms. The molecule has 1 aromatic rings. The lowest BCUT2D eigenvalue weighted by molar-refractivity contribution is -0.251. The Morgan fingerprint density at radius 3 is 0.929 bits per heavy atom. The van der Waals surface area contributed by atoms with Gasteiger partial charge in [0.2, 0.25) is 0 Å². The smallest absolute Gasteiger partial charge is 0.339 e. The van der Waals surface area contributed by atoms with Crippen molar-refractivity contribution in [2.45, 2.75) is 103 Å². The Balaban J connectivity index is 1.91. The Morgan fingerprint density at radius 2 is 0.679 bits per heavy atom. The highest BCUT2D eigenvalue weighted by Crippen LogP contribution is 2.30. The van der Waals surface area contributed by atoms with Crippen LogP contribution in [0.25, 0.3) is 0 Å². The van der Waals surface area contributed by atoms with Gasteiger partial charge in [0.05, 0.1) is 14.2 Å². The van der Waals surface area contributed by atoms with Crippen molar-refractivity contribution < 1.29 is 95.3 Å². The lowest BCUT2D eigenvalue weighted by Gasteiger charge is -2.43. The molecule has 10 atom stereocenters. The fourth-order valence-corrected chi connectivity index (χ4v) is 5.66. The van der Waals surface area contributed by atoms with Gasteiger partial charge in [-0.1, -0.05) is 0 Å². The first-order valence-electron chi connectivity index (χ1n) is 16.5. The number of methoxy groups -OCH3 is 2. The molecule has 56 heavy (non-hydrogen) atoms. The van der Waals surface area contributed by atoms with Gasteiger partial charge in [-0.2, -0.15) is 0 Å². The van der Waals surface area contributed by atoms with E-state index in [9.17, 15) is 47.9 Å². The molecule has 2 N–H and O–H groups in total. The molecule has 2 saturated heterocycles. The normalized spacial score (nSPS) is 26.8. The molecule has 2 aliphatic heterocycles. The average Bonchev–Trinajstić information content (AvgIpc) is 3.11. The quantitative estimate of drug-likeness (QED) is 0.180. The van der Waals surface area contributed by atoms with Crippen molar-refractivity contribution in [3.63, 3.8) is 0 Å². The number of hydrogen-bond donors (Lipinski definition) is 2. The van der Waals surface area contributed by atoms with Crippen molar-refractivity contribution in [1.29, 1.82) is 0 Å². The lowest BCUT2D eigenvalue weighted by atomic mass is 9.96. The van der Waals surface area contributed by atoms with E-state index < -0.39 is 121 Å². The predicted octanol–water partition coefficient (Wildman–Crippen LogP) is -1.47. The highest BCUT2D eigenvalue weighted by molar-refractivity contribution is 5.98. The number of carbonyl (C=O) groups excluding carboxylic acids is 10. The van der Waals surface area contributed by atoms with E-state index in [0.29, 0.717) is 0 Å². The van der Waals surface area contributed by atoms with Gasteiger partial charge in [0.1, 0.15) is 0 Å². The van der Waals surface area contributed by atoms with Crippen LogP contribution in [0.5, 0.6) is 0 Å². The zero-order chi connectivity index (χ0) is 42.0. The van der Waals surface area contributed by atoms with E-state index in [-0.39, 0.29) is 11.1 Å². The van der Waals surface area contributed by atoms with Crippen LogP contribution in [0, 0.1) is 0 Å². The third-order valence-electron chi connectivity index (χ3n) is 7.71. The van der Waals surface area contributed by atoms with Gasteiger partial charge >= 0.3 is 47.8 Å². The molecule has 2 amide bonds. The summed E-state index contributed by atoms with van der Waals surface area (Å²) < 4.78 is 52.4. The van der Waals surface area contributed by atoms with E-state index in [1.165, 1.54) is 0 Å². The highest BCUT2D eigenvalue weighted by atomic mass is 16.7. The Kier molecular flexibility index (Phi) is 15.4. The number of benzene rings is 1. The lowest BCUT2D eigenvalue weighted by Crippen LogP contribution is -2.67. The van der Waals surface area contributed by atoms with E-state index in [1.54, 1.807) is 0 Å². The van der Waals surface area contributed by atoms with Gasteiger partial charge in [0.25, 0.3) is 11.8 Å². The summed E-state index contributed by atoms with van der Waals surface area (Å²) in [6.07, 6.45) is -17.0. The molecule has 2 heterocycles. The van der Waals surface area contributed by atoms with Crippen molar-refractivity contribution in [2.24, 2.45) is 0 Å². The van der Waals surface area contributed by atoms with Crippen molar-refractivity contribution in [1.82, 2.24) is 10.6 Å². The van der Waals surface area contributed by atoms with Gasteiger partial charge in [-0.05, 0) is 24.3 Å². The molecule has 22 heteroatoms. The molecule has 0 aliphatic carbocycles. The SMILES string of the molecule is COC(=O)[C@H]1O[C@@H](NC(=O)c2ccc(C(=O)N[C@@H]3O[C@H](C(=O)OC)[C@@H](OC(C)=O)[C@H](OC(C)=O)[C@H]3OC(C)=O)cc2)[C@H](OC(C)=O)[C@@H](OC(C)=O)[C@@H]1OC(C)=O. The zero-order valence-corrected chi connectivity index (χ0v) is 31.2. The molecule has 0 saturated carbocycles. The maximum atomic E-state index is 13.5. The first kappa shape index (κ1) is 44.2. The molecule has 1 aromatic carbocycles. The number of amides is 2. The Bertz CT molecular complexity index is 1590. The molecule has 22 nitrogen and oxygen atoms in total. The molecule has 0 unspecified atom stereocenters. The summed E-state index contributed by atoms with van der Waals surface area (Å²) in [5.74, 6) is -9.62. The second-order valence-corrected chi connectivity index (χ2v) is 12.0. The highest BCUT2D eigenvalue weighted by Gasteiger charge is 2.56. The summed E-state index contributed by atoms with van der Waals surface area (Å²) in [5.41, 5.74) is -0.270. The van der Waals surface area contributed by atoms with E-state index in [0.717, 1.165) is 80.0 Å². The van der Waals surface area contributed by atoms with Gasteiger partial charge in [-0.25, -0.2) is 9.59 Å². The van der Waals surface area contributed by atoms with Crippen LogP contribution in [0.4, 0.5) is 0 Å². The van der Waals surface area contributed by atoms with Crippen molar-refractivity contribution in [3.8, 4) is 0 Å². The number of esters is 8. The first-order chi connectivity index (χ1) is 26.3.